The van der Waals surface area contributed by atoms with Gasteiger partial charge in [-0.15, -0.1) is 5.10 Å². The third kappa shape index (κ3) is 4.63. The van der Waals surface area contributed by atoms with Gasteiger partial charge in [-0.1, -0.05) is 0 Å². The molecule has 0 aliphatic rings. The monoisotopic (exact) mass is 284 g/mol. The molecule has 0 bridgehead atoms. The average Bonchev–Trinajstić information content (AvgIpc) is 2.75. The third-order valence-corrected chi connectivity index (χ3v) is 1.96. The number of tetrazole rings is 1. The molecule has 1 aromatic heterocycles. The summed E-state index contributed by atoms with van der Waals surface area (Å²) in [7, 11) is 0. The quantitative estimate of drug-likeness (QED) is 0.669. The smallest absolute Gasteiger partial charge is 0.378 e. The Labute approximate surface area is 114 Å². The third-order valence-electron chi connectivity index (χ3n) is 1.96. The second-order valence-corrected chi connectivity index (χ2v) is 4.06. The van der Waals surface area contributed by atoms with E-state index in [0.29, 0.717) is 0 Å². The van der Waals surface area contributed by atoms with Gasteiger partial charge < -0.3 is 10.1 Å². The summed E-state index contributed by atoms with van der Waals surface area (Å²) in [6, 6.07) is -0.735. The minimum absolute atomic E-state index is 0.106. The van der Waals surface area contributed by atoms with Crippen LogP contribution in [-0.4, -0.2) is 50.8 Å². The van der Waals surface area contributed by atoms with Gasteiger partial charge in [0.2, 0.25) is 5.91 Å². The van der Waals surface area contributed by atoms with E-state index >= 15 is 0 Å². The Morgan fingerprint density at radius 3 is 2.65 bits per heavy atom. The molecule has 1 rings (SSSR count). The fourth-order valence-electron chi connectivity index (χ4n) is 1.25. The van der Waals surface area contributed by atoms with Gasteiger partial charge in [-0.05, 0) is 31.2 Å². The number of ether oxygens (including phenoxy) is 1. The second-order valence-electron chi connectivity index (χ2n) is 4.06. The molecule has 10 nitrogen and oxygen atoms in total. The zero-order chi connectivity index (χ0) is 15.1. The fraction of sp³-hybridized carbons (Fsp3) is 0.600. The van der Waals surface area contributed by atoms with Crippen LogP contribution in [0.25, 0.3) is 0 Å². The number of hydrogen-bond donors (Lipinski definition) is 2. The molecule has 1 heterocycles. The summed E-state index contributed by atoms with van der Waals surface area (Å²) in [6.45, 7) is 4.94. The molecule has 0 aromatic carbocycles. The topological polar surface area (TPSA) is 128 Å². The van der Waals surface area contributed by atoms with E-state index in [0.717, 1.165) is 4.68 Å². The van der Waals surface area contributed by atoms with E-state index in [1.54, 1.807) is 20.8 Å². The molecule has 10 heteroatoms. The lowest BCUT2D eigenvalue weighted by molar-refractivity contribution is -0.120. The highest BCUT2D eigenvalue weighted by Crippen LogP contribution is 1.95. The normalized spacial score (nSPS) is 10.2. The van der Waals surface area contributed by atoms with E-state index in [1.165, 1.54) is 0 Å². The standard InChI is InChI=1S/C10H16N6O4/c1-4-20-9(18)8-13-14-15-16(8)5-7(17)12-10(19)11-6(2)3/h6H,4-5H2,1-3H3,(H2,11,12,17,19). The first-order valence-electron chi connectivity index (χ1n) is 5.97. The fourth-order valence-corrected chi connectivity index (χ4v) is 1.25. The molecule has 0 saturated carbocycles. The van der Waals surface area contributed by atoms with E-state index in [4.69, 9.17) is 4.74 Å². The molecule has 0 radical (unpaired) electrons. The van der Waals surface area contributed by atoms with Crippen LogP contribution in [0.4, 0.5) is 4.79 Å². The number of urea groups is 1. The molecule has 0 fully saturated rings. The highest BCUT2D eigenvalue weighted by atomic mass is 16.5. The van der Waals surface area contributed by atoms with Gasteiger partial charge in [-0.25, -0.2) is 14.3 Å². The molecule has 1 aromatic rings. The molecule has 0 unspecified atom stereocenters. The lowest BCUT2D eigenvalue weighted by Crippen LogP contribution is -2.44. The van der Waals surface area contributed by atoms with E-state index < -0.39 is 17.9 Å². The summed E-state index contributed by atoms with van der Waals surface area (Å²) in [5, 5.41) is 14.8. The van der Waals surface area contributed by atoms with Crippen LogP contribution in [0, 0.1) is 0 Å². The molecule has 0 aliphatic carbocycles. The van der Waals surface area contributed by atoms with Gasteiger partial charge in [0.15, 0.2) is 0 Å². The Morgan fingerprint density at radius 1 is 1.35 bits per heavy atom. The van der Waals surface area contributed by atoms with Gasteiger partial charge in [0.25, 0.3) is 5.82 Å². The van der Waals surface area contributed by atoms with E-state index in [1.807, 2.05) is 0 Å². The molecule has 0 aliphatic heterocycles. The largest absolute Gasteiger partial charge is 0.460 e. The van der Waals surface area contributed by atoms with Crippen molar-refractivity contribution >= 4 is 17.9 Å². The highest BCUT2D eigenvalue weighted by molar-refractivity contribution is 5.94. The van der Waals surface area contributed by atoms with Crippen molar-refractivity contribution in [3.63, 3.8) is 0 Å². The number of carbonyl (C=O) groups is 3. The average molecular weight is 284 g/mol. The van der Waals surface area contributed by atoms with E-state index in [-0.39, 0.29) is 25.0 Å². The van der Waals surface area contributed by atoms with Crippen LogP contribution in [0.1, 0.15) is 31.4 Å². The number of imide groups is 1. The van der Waals surface area contributed by atoms with Gasteiger partial charge in [-0.2, -0.15) is 0 Å². The zero-order valence-electron chi connectivity index (χ0n) is 11.4. The Kier molecular flexibility index (Phi) is 5.56. The first kappa shape index (κ1) is 15.5. The minimum atomic E-state index is -0.739. The molecular weight excluding hydrogens is 268 g/mol. The number of hydrogen-bond acceptors (Lipinski definition) is 7. The summed E-state index contributed by atoms with van der Waals surface area (Å²) < 4.78 is 5.68. The molecule has 2 N–H and O–H groups in total. The number of amides is 3. The second kappa shape index (κ2) is 7.16. The summed E-state index contributed by atoms with van der Waals surface area (Å²) >= 11 is 0. The molecule has 0 atom stereocenters. The Balaban J connectivity index is 2.61. The van der Waals surface area contributed by atoms with Crippen LogP contribution in [-0.2, 0) is 16.1 Å². The maximum atomic E-state index is 11.6. The molecule has 20 heavy (non-hydrogen) atoms. The summed E-state index contributed by atoms with van der Waals surface area (Å²) in [6.07, 6.45) is 0. The first-order valence-corrected chi connectivity index (χ1v) is 5.97. The van der Waals surface area contributed by atoms with Crippen molar-refractivity contribution < 1.29 is 19.1 Å². The van der Waals surface area contributed by atoms with Gasteiger partial charge in [0, 0.05) is 6.04 Å². The number of rotatable bonds is 5. The highest BCUT2D eigenvalue weighted by Gasteiger charge is 2.19. The molecule has 0 saturated heterocycles. The zero-order valence-corrected chi connectivity index (χ0v) is 11.4. The molecular formula is C10H16N6O4. The van der Waals surface area contributed by atoms with Crippen LogP contribution in [0.2, 0.25) is 0 Å². The lowest BCUT2D eigenvalue weighted by Gasteiger charge is -2.09. The van der Waals surface area contributed by atoms with Gasteiger partial charge >= 0.3 is 12.0 Å². The van der Waals surface area contributed by atoms with Gasteiger partial charge in [0.1, 0.15) is 6.54 Å². The number of esters is 1. The van der Waals surface area contributed by atoms with Crippen LogP contribution in [0.15, 0.2) is 0 Å². The van der Waals surface area contributed by atoms with E-state index in [9.17, 15) is 14.4 Å². The van der Waals surface area contributed by atoms with Crippen LogP contribution >= 0.6 is 0 Å². The van der Waals surface area contributed by atoms with Gasteiger partial charge in [0.05, 0.1) is 6.61 Å². The van der Waals surface area contributed by atoms with Crippen LogP contribution in [0.5, 0.6) is 0 Å². The summed E-state index contributed by atoms with van der Waals surface area (Å²) in [4.78, 5) is 34.4. The Morgan fingerprint density at radius 2 is 2.05 bits per heavy atom. The number of nitrogens with one attached hydrogen (secondary N) is 2. The van der Waals surface area contributed by atoms with Crippen molar-refractivity contribution in [3.8, 4) is 0 Å². The van der Waals surface area contributed by atoms with Crippen molar-refractivity contribution in [1.29, 1.82) is 0 Å². The summed E-state index contributed by atoms with van der Waals surface area (Å²) in [5.74, 6) is -1.59. The van der Waals surface area contributed by atoms with Crippen molar-refractivity contribution in [2.24, 2.45) is 0 Å². The minimum Gasteiger partial charge on any atom is -0.460 e. The van der Waals surface area contributed by atoms with Crippen molar-refractivity contribution in [2.75, 3.05) is 6.61 Å². The van der Waals surface area contributed by atoms with Gasteiger partial charge in [-0.3, -0.25) is 10.1 Å². The van der Waals surface area contributed by atoms with Crippen LogP contribution in [0.3, 0.4) is 0 Å². The predicted octanol–water partition coefficient (Wildman–Crippen LogP) is -0.916. The van der Waals surface area contributed by atoms with E-state index in [2.05, 4.69) is 26.2 Å². The van der Waals surface area contributed by atoms with Crippen LogP contribution < -0.4 is 10.6 Å². The summed E-state index contributed by atoms with van der Waals surface area (Å²) in [5.41, 5.74) is 0. The maximum Gasteiger partial charge on any atom is 0.378 e. The van der Waals surface area contributed by atoms with Crippen molar-refractivity contribution in [3.05, 3.63) is 5.82 Å². The van der Waals surface area contributed by atoms with Crippen molar-refractivity contribution in [1.82, 2.24) is 30.8 Å². The lowest BCUT2D eigenvalue weighted by atomic mass is 10.4. The number of aromatic nitrogens is 4. The molecule has 0 spiro atoms. The first-order chi connectivity index (χ1) is 9.43. The SMILES string of the molecule is CCOC(=O)c1nnnn1CC(=O)NC(=O)NC(C)C. The number of carbonyl (C=O) groups excluding carboxylic acids is 3. The molecule has 110 valence electrons. The Bertz CT molecular complexity index is 498. The predicted molar refractivity (Wildman–Crippen MR) is 65.6 cm³/mol. The molecule has 3 amide bonds. The van der Waals surface area contributed by atoms with Crippen molar-refractivity contribution in [2.45, 2.75) is 33.4 Å². The number of nitrogens with zero attached hydrogens (tertiary/aromatic N) is 4. The maximum absolute atomic E-state index is 11.6. The Hall–Kier alpha value is -2.52.